The maximum atomic E-state index is 5.89. The van der Waals surface area contributed by atoms with Gasteiger partial charge in [-0.2, -0.15) is 0 Å². The highest BCUT2D eigenvalue weighted by Crippen LogP contribution is 2.27. The van der Waals surface area contributed by atoms with Crippen molar-refractivity contribution in [1.29, 1.82) is 0 Å². The van der Waals surface area contributed by atoms with Gasteiger partial charge in [0, 0.05) is 6.04 Å². The zero-order valence-electron chi connectivity index (χ0n) is 10.1. The molecule has 0 spiro atoms. The Morgan fingerprint density at radius 3 is 2.47 bits per heavy atom. The molecule has 0 aliphatic heterocycles. The van der Waals surface area contributed by atoms with E-state index >= 15 is 0 Å². The van der Waals surface area contributed by atoms with Crippen LogP contribution in [-0.2, 0) is 0 Å². The quantitative estimate of drug-likeness (QED) is 0.823. The van der Waals surface area contributed by atoms with E-state index in [0.29, 0.717) is 0 Å². The van der Waals surface area contributed by atoms with Crippen LogP contribution in [0.5, 0.6) is 5.75 Å². The normalized spacial score (nSPS) is 12.6. The molecule has 1 aromatic rings. The lowest BCUT2D eigenvalue weighted by molar-refractivity contribution is 0.315. The summed E-state index contributed by atoms with van der Waals surface area (Å²) >= 11 is 0. The fourth-order valence-corrected chi connectivity index (χ4v) is 1.68. The van der Waals surface area contributed by atoms with E-state index in [1.807, 2.05) is 13.0 Å². The minimum absolute atomic E-state index is 0.0870. The van der Waals surface area contributed by atoms with Crippen molar-refractivity contribution in [1.82, 2.24) is 0 Å². The molecular weight excluding hydrogens is 186 g/mol. The molecule has 0 bridgehead atoms. The maximum absolute atomic E-state index is 5.89. The van der Waals surface area contributed by atoms with Crippen molar-refractivity contribution in [3.8, 4) is 5.75 Å². The van der Waals surface area contributed by atoms with Crippen molar-refractivity contribution >= 4 is 0 Å². The van der Waals surface area contributed by atoms with Gasteiger partial charge in [-0.25, -0.2) is 0 Å². The number of rotatable bonds is 4. The zero-order chi connectivity index (χ0) is 11.4. The smallest absolute Gasteiger partial charge is 0.122 e. The molecular formula is C13H21NO. The summed E-state index contributed by atoms with van der Waals surface area (Å²) in [6.07, 6.45) is 1.04. The van der Waals surface area contributed by atoms with Crippen molar-refractivity contribution in [2.24, 2.45) is 5.73 Å². The van der Waals surface area contributed by atoms with Gasteiger partial charge in [0.25, 0.3) is 0 Å². The molecule has 0 radical (unpaired) electrons. The highest BCUT2D eigenvalue weighted by atomic mass is 16.5. The van der Waals surface area contributed by atoms with Gasteiger partial charge < -0.3 is 10.5 Å². The van der Waals surface area contributed by atoms with Gasteiger partial charge in [-0.15, -0.1) is 0 Å². The molecule has 0 amide bonds. The van der Waals surface area contributed by atoms with Gasteiger partial charge in [0.2, 0.25) is 0 Å². The number of ether oxygens (including phenoxy) is 1. The average Bonchev–Trinajstić information content (AvgIpc) is 2.20. The van der Waals surface area contributed by atoms with Crippen LogP contribution in [-0.4, -0.2) is 6.61 Å². The number of nitrogens with two attached hydrogens (primary N) is 1. The highest BCUT2D eigenvalue weighted by Gasteiger charge is 2.09. The Hall–Kier alpha value is -1.02. The van der Waals surface area contributed by atoms with Crippen LogP contribution in [0, 0.1) is 13.8 Å². The number of hydrogen-bond acceptors (Lipinski definition) is 2. The van der Waals surface area contributed by atoms with Crippen LogP contribution >= 0.6 is 0 Å². The minimum atomic E-state index is 0.0870. The average molecular weight is 207 g/mol. The fourth-order valence-electron chi connectivity index (χ4n) is 1.68. The van der Waals surface area contributed by atoms with Gasteiger partial charge in [0.1, 0.15) is 5.75 Å². The summed E-state index contributed by atoms with van der Waals surface area (Å²) < 4.78 is 5.66. The molecule has 0 saturated heterocycles. The summed E-state index contributed by atoms with van der Waals surface area (Å²) in [7, 11) is 0. The van der Waals surface area contributed by atoms with Crippen molar-refractivity contribution in [2.45, 2.75) is 40.2 Å². The van der Waals surface area contributed by atoms with Crippen molar-refractivity contribution in [3.05, 3.63) is 28.8 Å². The van der Waals surface area contributed by atoms with Crippen LogP contribution in [0.2, 0.25) is 0 Å². The third-order valence-corrected chi connectivity index (χ3v) is 2.73. The van der Waals surface area contributed by atoms with Crippen molar-refractivity contribution < 1.29 is 4.74 Å². The molecule has 0 fully saturated rings. The second-order valence-corrected chi connectivity index (χ2v) is 4.04. The lowest BCUT2D eigenvalue weighted by atomic mass is 9.98. The molecule has 0 heterocycles. The van der Waals surface area contributed by atoms with Gasteiger partial charge >= 0.3 is 0 Å². The van der Waals surface area contributed by atoms with Gasteiger partial charge in [0.15, 0.2) is 0 Å². The SMILES string of the molecule is CCCOc1ccc(C(C)N)c(C)c1C. The summed E-state index contributed by atoms with van der Waals surface area (Å²) in [4.78, 5) is 0. The fraction of sp³-hybridized carbons (Fsp3) is 0.538. The summed E-state index contributed by atoms with van der Waals surface area (Å²) in [5.41, 5.74) is 9.55. The van der Waals surface area contributed by atoms with E-state index in [9.17, 15) is 0 Å². The van der Waals surface area contributed by atoms with E-state index in [4.69, 9.17) is 10.5 Å². The molecule has 1 atom stereocenters. The predicted octanol–water partition coefficient (Wildman–Crippen LogP) is 3.11. The van der Waals surface area contributed by atoms with E-state index in [1.165, 1.54) is 16.7 Å². The molecule has 1 rings (SSSR count). The first-order valence-electron chi connectivity index (χ1n) is 5.56. The van der Waals surface area contributed by atoms with Gasteiger partial charge in [-0.1, -0.05) is 13.0 Å². The van der Waals surface area contributed by atoms with E-state index in [2.05, 4.69) is 26.8 Å². The van der Waals surface area contributed by atoms with Crippen LogP contribution < -0.4 is 10.5 Å². The van der Waals surface area contributed by atoms with Crippen LogP contribution in [0.3, 0.4) is 0 Å². The van der Waals surface area contributed by atoms with Gasteiger partial charge in [-0.3, -0.25) is 0 Å². The van der Waals surface area contributed by atoms with Crippen LogP contribution in [0.1, 0.15) is 43.0 Å². The van der Waals surface area contributed by atoms with E-state index in [-0.39, 0.29) is 6.04 Å². The molecule has 2 nitrogen and oxygen atoms in total. The monoisotopic (exact) mass is 207 g/mol. The van der Waals surface area contributed by atoms with Crippen LogP contribution in [0.25, 0.3) is 0 Å². The maximum Gasteiger partial charge on any atom is 0.122 e. The minimum Gasteiger partial charge on any atom is -0.493 e. The van der Waals surface area contributed by atoms with Crippen molar-refractivity contribution in [3.63, 3.8) is 0 Å². The molecule has 1 unspecified atom stereocenters. The topological polar surface area (TPSA) is 35.2 Å². The Morgan fingerprint density at radius 2 is 1.93 bits per heavy atom. The lowest BCUT2D eigenvalue weighted by Gasteiger charge is -2.16. The molecule has 0 aliphatic carbocycles. The van der Waals surface area contributed by atoms with Crippen LogP contribution in [0.4, 0.5) is 0 Å². The second kappa shape index (κ2) is 5.17. The lowest BCUT2D eigenvalue weighted by Crippen LogP contribution is -2.08. The Kier molecular flexibility index (Phi) is 4.15. The first-order chi connectivity index (χ1) is 7.07. The molecule has 0 saturated carbocycles. The van der Waals surface area contributed by atoms with Crippen molar-refractivity contribution in [2.75, 3.05) is 6.61 Å². The first-order valence-corrected chi connectivity index (χ1v) is 5.56. The summed E-state index contributed by atoms with van der Waals surface area (Å²) in [5, 5.41) is 0. The third kappa shape index (κ3) is 2.72. The van der Waals surface area contributed by atoms with E-state index < -0.39 is 0 Å². The summed E-state index contributed by atoms with van der Waals surface area (Å²) in [5.74, 6) is 0.985. The Morgan fingerprint density at radius 1 is 1.27 bits per heavy atom. The number of hydrogen-bond donors (Lipinski definition) is 1. The molecule has 1 aromatic carbocycles. The third-order valence-electron chi connectivity index (χ3n) is 2.73. The molecule has 0 aliphatic rings. The zero-order valence-corrected chi connectivity index (χ0v) is 10.1. The van der Waals surface area contributed by atoms with E-state index in [1.54, 1.807) is 0 Å². The van der Waals surface area contributed by atoms with Gasteiger partial charge in [0.05, 0.1) is 6.61 Å². The molecule has 2 heteroatoms. The summed E-state index contributed by atoms with van der Waals surface area (Å²) in [6, 6.07) is 4.18. The standard InChI is InChI=1S/C13H21NO/c1-5-8-15-13-7-6-12(11(4)14)9(2)10(13)3/h6-7,11H,5,8,14H2,1-4H3. The second-order valence-electron chi connectivity index (χ2n) is 4.04. The molecule has 84 valence electrons. The predicted molar refractivity (Wildman–Crippen MR) is 64.3 cm³/mol. The summed E-state index contributed by atoms with van der Waals surface area (Å²) in [6.45, 7) is 9.09. The van der Waals surface area contributed by atoms with Crippen LogP contribution in [0.15, 0.2) is 12.1 Å². The van der Waals surface area contributed by atoms with Gasteiger partial charge in [-0.05, 0) is 49.9 Å². The largest absolute Gasteiger partial charge is 0.493 e. The van der Waals surface area contributed by atoms with E-state index in [0.717, 1.165) is 18.8 Å². The number of benzene rings is 1. The molecule has 0 aromatic heterocycles. The first kappa shape index (κ1) is 12.1. The Labute approximate surface area is 92.4 Å². The Bertz CT molecular complexity index is 332. The highest BCUT2D eigenvalue weighted by molar-refractivity contribution is 5.44. The Balaban J connectivity index is 2.99. The molecule has 2 N–H and O–H groups in total. The molecule has 15 heavy (non-hydrogen) atoms.